The molecule has 0 aliphatic heterocycles. The molecule has 0 aliphatic carbocycles. The Morgan fingerprint density at radius 3 is 2.50 bits per heavy atom. The first-order valence-electron chi connectivity index (χ1n) is 5.51. The largest absolute Gasteiger partial charge is 0.340 e. The Hall–Kier alpha value is -1.89. The summed E-state index contributed by atoms with van der Waals surface area (Å²) in [4.78, 5) is 36.3. The summed E-state index contributed by atoms with van der Waals surface area (Å²) in [6.45, 7) is 1.71. The molecule has 100 valence electrons. The molecule has 7 nitrogen and oxygen atoms in total. The number of hydrogen-bond donors (Lipinski definition) is 1. The fraction of sp³-hybridized carbons (Fsp3) is 0.545. The van der Waals surface area contributed by atoms with E-state index in [0.29, 0.717) is 5.56 Å². The van der Waals surface area contributed by atoms with Gasteiger partial charge in [-0.3, -0.25) is 14.2 Å². The molecule has 0 aromatic carbocycles. The highest BCUT2D eigenvalue weighted by Gasteiger charge is 2.16. The van der Waals surface area contributed by atoms with E-state index in [9.17, 15) is 14.4 Å². The molecule has 1 amide bonds. The number of likely N-dealkylation sites (N-methyl/N-ethyl adjacent to an activating group) is 1. The molecule has 18 heavy (non-hydrogen) atoms. The Bertz CT molecular complexity index is 571. The van der Waals surface area contributed by atoms with Crippen molar-refractivity contribution in [2.75, 3.05) is 7.05 Å². The van der Waals surface area contributed by atoms with Crippen LogP contribution < -0.4 is 17.0 Å². The number of carbonyl (C=O) groups is 1. The van der Waals surface area contributed by atoms with Crippen molar-refractivity contribution in [2.45, 2.75) is 19.5 Å². The van der Waals surface area contributed by atoms with Gasteiger partial charge in [-0.2, -0.15) is 0 Å². The normalized spacial score (nSPS) is 12.3. The number of carbonyl (C=O) groups excluding carboxylic acids is 1. The van der Waals surface area contributed by atoms with E-state index in [1.54, 1.807) is 21.0 Å². The van der Waals surface area contributed by atoms with Gasteiger partial charge in [0, 0.05) is 27.3 Å². The maximum atomic E-state index is 11.9. The zero-order chi connectivity index (χ0) is 14.0. The average molecular weight is 254 g/mol. The van der Waals surface area contributed by atoms with Crippen molar-refractivity contribution in [2.24, 2.45) is 19.8 Å². The van der Waals surface area contributed by atoms with Gasteiger partial charge in [0.25, 0.3) is 5.56 Å². The summed E-state index contributed by atoms with van der Waals surface area (Å²) in [7, 11) is 4.52. The predicted octanol–water partition coefficient (Wildman–Crippen LogP) is -1.61. The van der Waals surface area contributed by atoms with Gasteiger partial charge in [-0.1, -0.05) is 0 Å². The van der Waals surface area contributed by atoms with Crippen LogP contribution in [0.25, 0.3) is 0 Å². The molecule has 1 heterocycles. The zero-order valence-corrected chi connectivity index (χ0v) is 11.0. The minimum absolute atomic E-state index is 0.126. The topological polar surface area (TPSA) is 90.3 Å². The lowest BCUT2D eigenvalue weighted by Gasteiger charge is -2.19. The molecule has 0 aliphatic rings. The molecule has 0 saturated heterocycles. The van der Waals surface area contributed by atoms with E-state index >= 15 is 0 Å². The summed E-state index contributed by atoms with van der Waals surface area (Å²) in [6, 6.07) is -0.619. The molecule has 0 bridgehead atoms. The third kappa shape index (κ3) is 2.67. The number of nitrogens with two attached hydrogens (primary N) is 1. The molecular weight excluding hydrogens is 236 g/mol. The van der Waals surface area contributed by atoms with Gasteiger partial charge in [0.15, 0.2) is 0 Å². The molecule has 1 unspecified atom stereocenters. The molecule has 1 aromatic rings. The highest BCUT2D eigenvalue weighted by Crippen LogP contribution is 1.97. The fourth-order valence-corrected chi connectivity index (χ4v) is 1.67. The van der Waals surface area contributed by atoms with Crippen LogP contribution in [0.4, 0.5) is 0 Å². The van der Waals surface area contributed by atoms with E-state index in [1.165, 1.54) is 22.7 Å². The minimum Gasteiger partial charge on any atom is -0.340 e. The Kier molecular flexibility index (Phi) is 4.07. The summed E-state index contributed by atoms with van der Waals surface area (Å²) in [5.74, 6) is -0.258. The lowest BCUT2D eigenvalue weighted by Crippen LogP contribution is -2.43. The maximum Gasteiger partial charge on any atom is 0.330 e. The van der Waals surface area contributed by atoms with E-state index in [4.69, 9.17) is 5.73 Å². The van der Waals surface area contributed by atoms with E-state index < -0.39 is 17.3 Å². The standard InChI is InChI=1S/C11H18N4O3/c1-7(12)9(16)13(2)5-8-6-14(3)11(18)15(4)10(8)17/h6-7H,5,12H2,1-4H3. The molecule has 2 N–H and O–H groups in total. The molecule has 1 aromatic heterocycles. The van der Waals surface area contributed by atoms with Gasteiger partial charge in [0.05, 0.1) is 18.2 Å². The van der Waals surface area contributed by atoms with Crippen LogP contribution in [-0.2, 0) is 25.4 Å². The minimum atomic E-state index is -0.619. The predicted molar refractivity (Wildman–Crippen MR) is 67.0 cm³/mol. The Labute approximate surface area is 104 Å². The molecule has 0 spiro atoms. The number of hydrogen-bond acceptors (Lipinski definition) is 4. The number of amides is 1. The van der Waals surface area contributed by atoms with Crippen LogP contribution in [-0.4, -0.2) is 33.0 Å². The van der Waals surface area contributed by atoms with E-state index in [2.05, 4.69) is 0 Å². The van der Waals surface area contributed by atoms with Crippen LogP contribution in [0, 0.1) is 0 Å². The molecule has 0 radical (unpaired) electrons. The molecule has 7 heteroatoms. The molecule has 0 saturated carbocycles. The third-order valence-corrected chi connectivity index (χ3v) is 2.69. The van der Waals surface area contributed by atoms with Crippen molar-refractivity contribution >= 4 is 5.91 Å². The Morgan fingerprint density at radius 1 is 1.44 bits per heavy atom. The zero-order valence-electron chi connectivity index (χ0n) is 11.0. The van der Waals surface area contributed by atoms with E-state index in [1.807, 2.05) is 0 Å². The lowest BCUT2D eigenvalue weighted by molar-refractivity contribution is -0.131. The second-order valence-corrected chi connectivity index (χ2v) is 4.39. The van der Waals surface area contributed by atoms with Crippen LogP contribution in [0.15, 0.2) is 15.8 Å². The van der Waals surface area contributed by atoms with Gasteiger partial charge in [-0.05, 0) is 6.92 Å². The van der Waals surface area contributed by atoms with Crippen molar-refractivity contribution in [3.8, 4) is 0 Å². The van der Waals surface area contributed by atoms with Crippen molar-refractivity contribution < 1.29 is 4.79 Å². The molecule has 0 fully saturated rings. The number of aryl methyl sites for hydroxylation is 1. The van der Waals surface area contributed by atoms with Crippen molar-refractivity contribution in [1.29, 1.82) is 0 Å². The first-order chi connectivity index (χ1) is 8.25. The Balaban J connectivity index is 3.10. The van der Waals surface area contributed by atoms with Gasteiger partial charge >= 0.3 is 5.69 Å². The summed E-state index contributed by atoms with van der Waals surface area (Å²) < 4.78 is 2.32. The van der Waals surface area contributed by atoms with Gasteiger partial charge < -0.3 is 15.2 Å². The van der Waals surface area contributed by atoms with E-state index in [0.717, 1.165) is 4.57 Å². The number of nitrogens with zero attached hydrogens (tertiary/aromatic N) is 3. The van der Waals surface area contributed by atoms with Crippen LogP contribution in [0.5, 0.6) is 0 Å². The molecule has 1 rings (SSSR count). The second kappa shape index (κ2) is 5.18. The van der Waals surface area contributed by atoms with Crippen molar-refractivity contribution in [1.82, 2.24) is 14.0 Å². The quantitative estimate of drug-likeness (QED) is 0.702. The smallest absolute Gasteiger partial charge is 0.330 e. The third-order valence-electron chi connectivity index (χ3n) is 2.69. The summed E-state index contributed by atoms with van der Waals surface area (Å²) in [6.07, 6.45) is 1.44. The van der Waals surface area contributed by atoms with Crippen LogP contribution in [0.1, 0.15) is 12.5 Å². The van der Waals surface area contributed by atoms with Crippen LogP contribution in [0.2, 0.25) is 0 Å². The van der Waals surface area contributed by atoms with Crippen molar-refractivity contribution in [3.05, 3.63) is 32.6 Å². The van der Waals surface area contributed by atoms with Gasteiger partial charge in [-0.25, -0.2) is 4.79 Å². The first-order valence-corrected chi connectivity index (χ1v) is 5.51. The average Bonchev–Trinajstić information content (AvgIpc) is 2.32. The summed E-state index contributed by atoms with van der Waals surface area (Å²) in [5, 5.41) is 0. The first kappa shape index (κ1) is 14.2. The number of aromatic nitrogens is 2. The number of rotatable bonds is 3. The van der Waals surface area contributed by atoms with E-state index in [-0.39, 0.29) is 12.5 Å². The van der Waals surface area contributed by atoms with Gasteiger partial charge in [0.2, 0.25) is 5.91 Å². The summed E-state index contributed by atoms with van der Waals surface area (Å²) >= 11 is 0. The maximum absolute atomic E-state index is 11.9. The van der Waals surface area contributed by atoms with Crippen LogP contribution >= 0.6 is 0 Å². The van der Waals surface area contributed by atoms with Gasteiger partial charge in [-0.15, -0.1) is 0 Å². The molecule has 1 atom stereocenters. The highest BCUT2D eigenvalue weighted by molar-refractivity contribution is 5.80. The van der Waals surface area contributed by atoms with Crippen LogP contribution in [0.3, 0.4) is 0 Å². The van der Waals surface area contributed by atoms with Gasteiger partial charge in [0.1, 0.15) is 0 Å². The Morgan fingerprint density at radius 2 is 2.00 bits per heavy atom. The summed E-state index contributed by atoms with van der Waals surface area (Å²) in [5.41, 5.74) is 5.06. The highest BCUT2D eigenvalue weighted by atomic mass is 16.2. The molecular formula is C11H18N4O3. The second-order valence-electron chi connectivity index (χ2n) is 4.39. The fourth-order valence-electron chi connectivity index (χ4n) is 1.67. The monoisotopic (exact) mass is 254 g/mol. The lowest BCUT2D eigenvalue weighted by atomic mass is 10.2. The SMILES string of the molecule is CC(N)C(=O)N(C)Cc1cn(C)c(=O)n(C)c1=O. The van der Waals surface area contributed by atoms with Crippen molar-refractivity contribution in [3.63, 3.8) is 0 Å².